The summed E-state index contributed by atoms with van der Waals surface area (Å²) < 4.78 is 2.40. The lowest BCUT2D eigenvalue weighted by Crippen LogP contribution is -2.28. The molecule has 1 aliphatic rings. The van der Waals surface area contributed by atoms with E-state index in [4.69, 9.17) is 15.0 Å². The van der Waals surface area contributed by atoms with E-state index >= 15 is 0 Å². The maximum absolute atomic E-state index is 5.46. The van der Waals surface area contributed by atoms with E-state index in [0.29, 0.717) is 17.5 Å². The van der Waals surface area contributed by atoms with Gasteiger partial charge < -0.3 is 0 Å². The molecule has 0 aliphatic heterocycles. The van der Waals surface area contributed by atoms with Crippen molar-refractivity contribution in [3.8, 4) is 67.5 Å². The summed E-state index contributed by atoms with van der Waals surface area (Å²) in [6.45, 7) is 0. The van der Waals surface area contributed by atoms with Crippen LogP contribution in [0.1, 0.15) is 22.3 Å². The summed E-state index contributed by atoms with van der Waals surface area (Å²) in [5, 5.41) is 2.44. The number of hydrogen-bond acceptors (Lipinski definition) is 4. The van der Waals surface area contributed by atoms with Crippen LogP contribution in [0.5, 0.6) is 0 Å². The smallest absolute Gasteiger partial charge is 0.165 e. The van der Waals surface area contributed by atoms with Gasteiger partial charge in [0.05, 0.1) is 5.41 Å². The maximum atomic E-state index is 5.46. The molecule has 0 radical (unpaired) electrons. The van der Waals surface area contributed by atoms with Gasteiger partial charge in [-0.05, 0) is 86.0 Å². The van der Waals surface area contributed by atoms with Crippen LogP contribution in [0.2, 0.25) is 0 Å². The van der Waals surface area contributed by atoms with Gasteiger partial charge in [0, 0.05) is 36.9 Å². The van der Waals surface area contributed by atoms with Crippen LogP contribution in [0.15, 0.2) is 224 Å². The van der Waals surface area contributed by atoms with Gasteiger partial charge in [0.15, 0.2) is 17.5 Å². The van der Waals surface area contributed by atoms with E-state index in [1.165, 1.54) is 48.9 Å². The molecular weight excluding hydrogens is 771 g/mol. The highest BCUT2D eigenvalue weighted by Crippen LogP contribution is 2.56. The molecule has 11 aromatic rings. The number of thiophene rings is 1. The van der Waals surface area contributed by atoms with E-state index in [2.05, 4.69) is 224 Å². The Labute approximate surface area is 364 Å². The van der Waals surface area contributed by atoms with Gasteiger partial charge in [-0.15, -0.1) is 11.3 Å². The Morgan fingerprint density at radius 1 is 0.306 bits per heavy atom. The molecule has 0 atom stereocenters. The van der Waals surface area contributed by atoms with Crippen molar-refractivity contribution in [2.24, 2.45) is 0 Å². The van der Waals surface area contributed by atoms with Crippen LogP contribution in [-0.4, -0.2) is 15.0 Å². The zero-order valence-corrected chi connectivity index (χ0v) is 34.4. The van der Waals surface area contributed by atoms with Gasteiger partial charge in [-0.3, -0.25) is 0 Å². The minimum atomic E-state index is -0.556. The molecule has 12 rings (SSSR count). The first kappa shape index (κ1) is 36.1. The first-order valence-corrected chi connectivity index (χ1v) is 21.8. The highest BCUT2D eigenvalue weighted by atomic mass is 32.1. The fraction of sp³-hybridized carbons (Fsp3) is 0.0172. The Kier molecular flexibility index (Phi) is 8.58. The van der Waals surface area contributed by atoms with E-state index in [1.807, 2.05) is 0 Å². The van der Waals surface area contributed by atoms with Gasteiger partial charge >= 0.3 is 0 Å². The number of aromatic nitrogens is 3. The van der Waals surface area contributed by atoms with Gasteiger partial charge in [-0.2, -0.15) is 0 Å². The molecule has 3 nitrogen and oxygen atoms in total. The Bertz CT molecular complexity index is 3410. The molecule has 9 aromatic carbocycles. The second-order valence-electron chi connectivity index (χ2n) is 15.9. The first-order valence-electron chi connectivity index (χ1n) is 21.0. The molecule has 0 saturated heterocycles. The lowest BCUT2D eigenvalue weighted by molar-refractivity contribution is 0.768. The highest BCUT2D eigenvalue weighted by Gasteiger charge is 2.46. The normalized spacial score (nSPS) is 12.6. The summed E-state index contributed by atoms with van der Waals surface area (Å²) in [5.74, 6) is 1.90. The predicted molar refractivity (Wildman–Crippen MR) is 257 cm³/mol. The molecule has 1 aliphatic carbocycles. The van der Waals surface area contributed by atoms with E-state index in [9.17, 15) is 0 Å². The van der Waals surface area contributed by atoms with Crippen molar-refractivity contribution in [3.63, 3.8) is 0 Å². The van der Waals surface area contributed by atoms with E-state index in [0.717, 1.165) is 43.6 Å². The van der Waals surface area contributed by atoms with Gasteiger partial charge in [0.25, 0.3) is 0 Å². The molecule has 0 N–H and O–H groups in total. The van der Waals surface area contributed by atoms with E-state index < -0.39 is 5.41 Å². The van der Waals surface area contributed by atoms with Gasteiger partial charge in [-0.1, -0.05) is 194 Å². The Morgan fingerprint density at radius 2 is 0.839 bits per heavy atom. The van der Waals surface area contributed by atoms with Crippen molar-refractivity contribution in [1.82, 2.24) is 15.0 Å². The molecular formula is C58H37N3S. The summed E-state index contributed by atoms with van der Waals surface area (Å²) in [6.07, 6.45) is 0. The molecule has 2 aromatic heterocycles. The van der Waals surface area contributed by atoms with Crippen molar-refractivity contribution in [3.05, 3.63) is 247 Å². The van der Waals surface area contributed by atoms with Crippen LogP contribution in [0.25, 0.3) is 87.7 Å². The molecule has 0 unspecified atom stereocenters. The Hall–Kier alpha value is -7.79. The second kappa shape index (κ2) is 14.7. The SMILES string of the molecule is c1ccc(-c2ccc(-c3nc(-c4ccc5c(c4)C(c4ccccc4)(c4ccccc4)c4ccccc4-5)nc(-c4cccc5c4sc4ccccc45)n3)c(-c3ccccc3)c2)cc1. The minimum absolute atomic E-state index is 0.556. The molecule has 4 heteroatoms. The van der Waals surface area contributed by atoms with Crippen LogP contribution in [0.4, 0.5) is 0 Å². The zero-order chi connectivity index (χ0) is 41.0. The average Bonchev–Trinajstić information content (AvgIpc) is 3.89. The quantitative estimate of drug-likeness (QED) is 0.161. The third-order valence-electron chi connectivity index (χ3n) is 12.4. The van der Waals surface area contributed by atoms with Crippen molar-refractivity contribution in [1.29, 1.82) is 0 Å². The van der Waals surface area contributed by atoms with Crippen molar-refractivity contribution >= 4 is 31.5 Å². The van der Waals surface area contributed by atoms with Crippen LogP contribution in [0, 0.1) is 0 Å². The van der Waals surface area contributed by atoms with Crippen molar-refractivity contribution < 1.29 is 0 Å². The van der Waals surface area contributed by atoms with Gasteiger partial charge in [0.2, 0.25) is 0 Å². The summed E-state index contributed by atoms with van der Waals surface area (Å²) in [5.41, 5.74) is 14.1. The number of nitrogens with zero attached hydrogens (tertiary/aromatic N) is 3. The van der Waals surface area contributed by atoms with Crippen molar-refractivity contribution in [2.45, 2.75) is 5.41 Å². The summed E-state index contributed by atoms with van der Waals surface area (Å²) in [4.78, 5) is 16.3. The fourth-order valence-electron chi connectivity index (χ4n) is 9.66. The molecule has 62 heavy (non-hydrogen) atoms. The van der Waals surface area contributed by atoms with Crippen molar-refractivity contribution in [2.75, 3.05) is 0 Å². The number of rotatable bonds is 7. The van der Waals surface area contributed by atoms with Gasteiger partial charge in [0.1, 0.15) is 0 Å². The number of benzene rings is 9. The first-order chi connectivity index (χ1) is 30.7. The molecule has 0 saturated carbocycles. The monoisotopic (exact) mass is 807 g/mol. The van der Waals surface area contributed by atoms with Crippen LogP contribution >= 0.6 is 11.3 Å². The standard InChI is InChI=1S/C58H37N3S/c1-5-18-38(19-6-1)40-32-35-48(50(36-40)39-20-7-2-8-21-39)56-59-55(60-57(61-56)49-29-17-28-47-46-27-14-16-31-53(46)62-54(47)49)41-33-34-45-44-26-13-15-30-51(44)58(52(45)37-41,42-22-9-3-10-23-42)43-24-11-4-12-25-43/h1-37H. The predicted octanol–water partition coefficient (Wildman–Crippen LogP) is 14.9. The Morgan fingerprint density at radius 3 is 1.58 bits per heavy atom. The van der Waals surface area contributed by atoms with Crippen LogP contribution in [-0.2, 0) is 5.41 Å². The van der Waals surface area contributed by atoms with Crippen LogP contribution < -0.4 is 0 Å². The van der Waals surface area contributed by atoms with Gasteiger partial charge in [-0.25, -0.2) is 15.0 Å². The van der Waals surface area contributed by atoms with E-state index in [1.54, 1.807) is 11.3 Å². The lowest BCUT2D eigenvalue weighted by atomic mass is 9.67. The summed E-state index contributed by atoms with van der Waals surface area (Å²) >= 11 is 1.79. The minimum Gasteiger partial charge on any atom is -0.208 e. The highest BCUT2D eigenvalue weighted by molar-refractivity contribution is 7.26. The second-order valence-corrected chi connectivity index (χ2v) is 16.9. The van der Waals surface area contributed by atoms with E-state index in [-0.39, 0.29) is 0 Å². The third kappa shape index (κ3) is 5.76. The summed E-state index contributed by atoms with van der Waals surface area (Å²) in [6, 6.07) is 80.4. The topological polar surface area (TPSA) is 38.7 Å². The maximum Gasteiger partial charge on any atom is 0.165 e. The molecule has 0 bridgehead atoms. The lowest BCUT2D eigenvalue weighted by Gasteiger charge is -2.34. The molecule has 0 amide bonds. The number of hydrogen-bond donors (Lipinski definition) is 0. The zero-order valence-electron chi connectivity index (χ0n) is 33.6. The summed E-state index contributed by atoms with van der Waals surface area (Å²) in [7, 11) is 0. The number of fused-ring (bicyclic) bond motifs is 6. The largest absolute Gasteiger partial charge is 0.208 e. The fourth-order valence-corrected chi connectivity index (χ4v) is 10.9. The molecule has 0 spiro atoms. The average molecular weight is 808 g/mol. The molecule has 2 heterocycles. The van der Waals surface area contributed by atoms with Crippen LogP contribution in [0.3, 0.4) is 0 Å². The molecule has 0 fully saturated rings. The Balaban J connectivity index is 1.13. The molecule has 290 valence electrons. The third-order valence-corrected chi connectivity index (χ3v) is 13.7.